The molecule has 0 aliphatic heterocycles. The van der Waals surface area contributed by atoms with Gasteiger partial charge in [0.05, 0.1) is 18.1 Å². The summed E-state index contributed by atoms with van der Waals surface area (Å²) in [4.78, 5) is 14.6. The summed E-state index contributed by atoms with van der Waals surface area (Å²) in [7, 11) is 2.01. The van der Waals surface area contributed by atoms with Crippen LogP contribution >= 0.6 is 0 Å². The summed E-state index contributed by atoms with van der Waals surface area (Å²) < 4.78 is 0. The lowest BCUT2D eigenvalue weighted by Crippen LogP contribution is -2.21. The molecule has 0 spiro atoms. The van der Waals surface area contributed by atoms with Crippen LogP contribution in [0.4, 0.5) is 5.82 Å². The fourth-order valence-electron chi connectivity index (χ4n) is 1.61. The molecule has 5 heteroatoms. The molecule has 0 aliphatic rings. The van der Waals surface area contributed by atoms with E-state index in [1.54, 1.807) is 12.4 Å². The van der Waals surface area contributed by atoms with Crippen molar-refractivity contribution >= 4 is 5.82 Å². The van der Waals surface area contributed by atoms with Gasteiger partial charge in [-0.15, -0.1) is 0 Å². The molecule has 94 valence electrons. The fraction of sp³-hybridized carbons (Fsp3) is 0.308. The van der Waals surface area contributed by atoms with Gasteiger partial charge in [0.15, 0.2) is 0 Å². The standard InChI is InChI=1S/C13H17N5/c1-18(7-4-11-2-5-15-6-3-11)13-10-16-12(8-14)9-17-13/h2-3,5-6,9-10H,4,7-8,14H2,1H3. The fourth-order valence-corrected chi connectivity index (χ4v) is 1.61. The summed E-state index contributed by atoms with van der Waals surface area (Å²) in [6.07, 6.45) is 8.06. The van der Waals surface area contributed by atoms with Crippen LogP contribution in [-0.2, 0) is 13.0 Å². The molecule has 0 saturated heterocycles. The summed E-state index contributed by atoms with van der Waals surface area (Å²) in [5.74, 6) is 0.862. The lowest BCUT2D eigenvalue weighted by molar-refractivity contribution is 0.845. The lowest BCUT2D eigenvalue weighted by Gasteiger charge is -2.17. The van der Waals surface area contributed by atoms with Crippen molar-refractivity contribution in [3.05, 3.63) is 48.2 Å². The SMILES string of the molecule is CN(CCc1ccncc1)c1cnc(CN)cn1. The molecule has 0 saturated carbocycles. The highest BCUT2D eigenvalue weighted by Gasteiger charge is 2.03. The van der Waals surface area contributed by atoms with E-state index in [1.165, 1.54) is 5.56 Å². The zero-order valence-corrected chi connectivity index (χ0v) is 10.5. The number of rotatable bonds is 5. The van der Waals surface area contributed by atoms with Gasteiger partial charge in [0.2, 0.25) is 0 Å². The highest BCUT2D eigenvalue weighted by atomic mass is 15.2. The molecule has 5 nitrogen and oxygen atoms in total. The smallest absolute Gasteiger partial charge is 0.146 e. The Labute approximate surface area is 107 Å². The molecule has 2 N–H and O–H groups in total. The first-order valence-electron chi connectivity index (χ1n) is 5.90. The summed E-state index contributed by atoms with van der Waals surface area (Å²) in [5.41, 5.74) is 7.56. The van der Waals surface area contributed by atoms with Crippen molar-refractivity contribution in [2.75, 3.05) is 18.5 Å². The van der Waals surface area contributed by atoms with E-state index in [9.17, 15) is 0 Å². The number of hydrogen-bond donors (Lipinski definition) is 1. The van der Waals surface area contributed by atoms with Crippen molar-refractivity contribution in [2.45, 2.75) is 13.0 Å². The second kappa shape index (κ2) is 6.07. The van der Waals surface area contributed by atoms with Gasteiger partial charge in [0, 0.05) is 32.5 Å². The number of hydrogen-bond acceptors (Lipinski definition) is 5. The van der Waals surface area contributed by atoms with Gasteiger partial charge in [-0.25, -0.2) is 4.98 Å². The van der Waals surface area contributed by atoms with E-state index < -0.39 is 0 Å². The van der Waals surface area contributed by atoms with Gasteiger partial charge < -0.3 is 10.6 Å². The van der Waals surface area contributed by atoms with Gasteiger partial charge in [-0.2, -0.15) is 0 Å². The summed E-state index contributed by atoms with van der Waals surface area (Å²) in [5, 5.41) is 0. The van der Waals surface area contributed by atoms with E-state index in [0.29, 0.717) is 6.54 Å². The maximum absolute atomic E-state index is 5.49. The van der Waals surface area contributed by atoms with E-state index in [1.807, 2.05) is 31.6 Å². The quantitative estimate of drug-likeness (QED) is 0.848. The van der Waals surface area contributed by atoms with Crippen LogP contribution in [0.5, 0.6) is 0 Å². The second-order valence-electron chi connectivity index (χ2n) is 4.10. The first kappa shape index (κ1) is 12.4. The third-order valence-electron chi connectivity index (χ3n) is 2.78. The van der Waals surface area contributed by atoms with Crippen LogP contribution in [0.1, 0.15) is 11.3 Å². The number of anilines is 1. The predicted molar refractivity (Wildman–Crippen MR) is 71.1 cm³/mol. The van der Waals surface area contributed by atoms with Crippen LogP contribution in [0.2, 0.25) is 0 Å². The first-order valence-corrected chi connectivity index (χ1v) is 5.90. The highest BCUT2D eigenvalue weighted by Crippen LogP contribution is 2.08. The number of pyridine rings is 1. The number of likely N-dealkylation sites (N-methyl/N-ethyl adjacent to an activating group) is 1. The molecule has 0 fully saturated rings. The topological polar surface area (TPSA) is 67.9 Å². The van der Waals surface area contributed by atoms with Crippen LogP contribution in [0, 0.1) is 0 Å². The van der Waals surface area contributed by atoms with Crippen molar-refractivity contribution in [3.8, 4) is 0 Å². The Hall–Kier alpha value is -2.01. The first-order chi connectivity index (χ1) is 8.79. The van der Waals surface area contributed by atoms with E-state index in [-0.39, 0.29) is 0 Å². The van der Waals surface area contributed by atoms with Gasteiger partial charge in [0.25, 0.3) is 0 Å². The van der Waals surface area contributed by atoms with Gasteiger partial charge in [0.1, 0.15) is 5.82 Å². The van der Waals surface area contributed by atoms with Crippen molar-refractivity contribution in [1.29, 1.82) is 0 Å². The monoisotopic (exact) mass is 243 g/mol. The zero-order chi connectivity index (χ0) is 12.8. The van der Waals surface area contributed by atoms with E-state index in [2.05, 4.69) is 19.9 Å². The normalized spacial score (nSPS) is 10.3. The number of nitrogens with two attached hydrogens (primary N) is 1. The highest BCUT2D eigenvalue weighted by molar-refractivity contribution is 5.34. The molecule has 0 bridgehead atoms. The van der Waals surface area contributed by atoms with Gasteiger partial charge >= 0.3 is 0 Å². The molecule has 2 rings (SSSR count). The minimum atomic E-state index is 0.425. The maximum Gasteiger partial charge on any atom is 0.146 e. The third kappa shape index (κ3) is 3.24. The second-order valence-corrected chi connectivity index (χ2v) is 4.10. The Balaban J connectivity index is 1.93. The van der Waals surface area contributed by atoms with Crippen LogP contribution in [-0.4, -0.2) is 28.5 Å². The van der Waals surface area contributed by atoms with Gasteiger partial charge in [-0.3, -0.25) is 9.97 Å². The largest absolute Gasteiger partial charge is 0.358 e. The maximum atomic E-state index is 5.49. The minimum absolute atomic E-state index is 0.425. The molecule has 0 aliphatic carbocycles. The number of nitrogens with zero attached hydrogens (tertiary/aromatic N) is 4. The molecule has 0 unspecified atom stereocenters. The molecule has 2 aromatic heterocycles. The van der Waals surface area contributed by atoms with Crippen LogP contribution in [0.15, 0.2) is 36.9 Å². The summed E-state index contributed by atoms with van der Waals surface area (Å²) in [6.45, 7) is 1.31. The Morgan fingerprint density at radius 2 is 1.94 bits per heavy atom. The van der Waals surface area contributed by atoms with Crippen LogP contribution in [0.25, 0.3) is 0 Å². The molecule has 0 radical (unpaired) electrons. The van der Waals surface area contributed by atoms with Crippen LogP contribution < -0.4 is 10.6 Å². The molecule has 0 atom stereocenters. The zero-order valence-electron chi connectivity index (χ0n) is 10.5. The summed E-state index contributed by atoms with van der Waals surface area (Å²) in [6, 6.07) is 4.05. The molecule has 18 heavy (non-hydrogen) atoms. The Morgan fingerprint density at radius 3 is 2.56 bits per heavy atom. The lowest BCUT2D eigenvalue weighted by atomic mass is 10.2. The molecule has 2 heterocycles. The van der Waals surface area contributed by atoms with E-state index in [4.69, 9.17) is 5.73 Å². The third-order valence-corrected chi connectivity index (χ3v) is 2.78. The van der Waals surface area contributed by atoms with Gasteiger partial charge in [-0.05, 0) is 24.1 Å². The molecule has 0 amide bonds. The Kier molecular flexibility index (Phi) is 4.20. The minimum Gasteiger partial charge on any atom is -0.358 e. The molecular formula is C13H17N5. The molecular weight excluding hydrogens is 226 g/mol. The molecule has 0 aromatic carbocycles. The van der Waals surface area contributed by atoms with E-state index in [0.717, 1.165) is 24.5 Å². The Bertz CT molecular complexity index is 469. The summed E-state index contributed by atoms with van der Waals surface area (Å²) >= 11 is 0. The number of aromatic nitrogens is 3. The van der Waals surface area contributed by atoms with Crippen LogP contribution in [0.3, 0.4) is 0 Å². The van der Waals surface area contributed by atoms with Crippen molar-refractivity contribution in [3.63, 3.8) is 0 Å². The molecule has 2 aromatic rings. The van der Waals surface area contributed by atoms with Crippen molar-refractivity contribution in [1.82, 2.24) is 15.0 Å². The predicted octanol–water partition coefficient (Wildman–Crippen LogP) is 1.01. The van der Waals surface area contributed by atoms with Crippen molar-refractivity contribution in [2.24, 2.45) is 5.73 Å². The Morgan fingerprint density at radius 1 is 1.17 bits per heavy atom. The van der Waals surface area contributed by atoms with Gasteiger partial charge in [-0.1, -0.05) is 0 Å². The van der Waals surface area contributed by atoms with Crippen molar-refractivity contribution < 1.29 is 0 Å². The average molecular weight is 243 g/mol. The average Bonchev–Trinajstić information content (AvgIpc) is 2.46. The van der Waals surface area contributed by atoms with E-state index >= 15 is 0 Å².